The van der Waals surface area contributed by atoms with Gasteiger partial charge in [-0.1, -0.05) is 19.1 Å². The van der Waals surface area contributed by atoms with Crippen molar-refractivity contribution in [3.63, 3.8) is 0 Å². The minimum Gasteiger partial charge on any atom is -0.454 e. The maximum absolute atomic E-state index is 12.6. The summed E-state index contributed by atoms with van der Waals surface area (Å²) in [5.41, 5.74) is -1.26. The number of ether oxygens (including phenoxy) is 3. The lowest BCUT2D eigenvalue weighted by Crippen LogP contribution is -2.63. The van der Waals surface area contributed by atoms with Gasteiger partial charge in [-0.15, -0.1) is 6.58 Å². The highest BCUT2D eigenvalue weighted by Crippen LogP contribution is 2.65. The van der Waals surface area contributed by atoms with E-state index in [-0.39, 0.29) is 30.8 Å². The van der Waals surface area contributed by atoms with Crippen LogP contribution in [0.25, 0.3) is 0 Å². The van der Waals surface area contributed by atoms with Crippen LogP contribution in [0.3, 0.4) is 0 Å². The topological polar surface area (TPSA) is 85.2 Å². The molecule has 2 fully saturated rings. The Labute approximate surface area is 152 Å². The minimum atomic E-state index is -1.40. The van der Waals surface area contributed by atoms with Gasteiger partial charge in [0.25, 0.3) is 0 Å². The Kier molecular flexibility index (Phi) is 3.91. The van der Waals surface area contributed by atoms with E-state index in [0.29, 0.717) is 17.9 Å². The summed E-state index contributed by atoms with van der Waals surface area (Å²) in [7, 11) is 1.45. The van der Waals surface area contributed by atoms with E-state index in [1.165, 1.54) is 7.11 Å². The quantitative estimate of drug-likeness (QED) is 0.797. The summed E-state index contributed by atoms with van der Waals surface area (Å²) in [5.74, 6) is 0.492. The van der Waals surface area contributed by atoms with Crippen molar-refractivity contribution in [2.24, 2.45) is 11.3 Å². The molecular formula is C20H24O6. The maximum Gasteiger partial charge on any atom is 0.231 e. The van der Waals surface area contributed by atoms with Crippen molar-refractivity contribution in [3.8, 4) is 11.5 Å². The van der Waals surface area contributed by atoms with E-state index in [0.717, 1.165) is 5.56 Å². The monoisotopic (exact) mass is 360 g/mol. The van der Waals surface area contributed by atoms with Gasteiger partial charge in [-0.2, -0.15) is 0 Å². The fourth-order valence-electron chi connectivity index (χ4n) is 5.49. The lowest BCUT2D eigenvalue weighted by Gasteiger charge is -2.46. The predicted molar refractivity (Wildman–Crippen MR) is 93.1 cm³/mol. The molecule has 0 saturated heterocycles. The standard InChI is InChI=1S/C20H24O6/c1-4-7-19-9-13(21)17(22)20(24-3,18(19)23)16(11(19)2)12-5-6-14-15(8-12)26-10-25-14/h4-6,8,11,16-18,22-23H,1,7,9-10H2,2-3H3/t11-,16+,17-,18?,19-,20+/m1/s1. The molecule has 26 heavy (non-hydrogen) atoms. The number of rotatable bonds is 4. The maximum atomic E-state index is 12.6. The molecule has 0 radical (unpaired) electrons. The zero-order valence-electron chi connectivity index (χ0n) is 15.0. The number of carbonyl (C=O) groups is 1. The van der Waals surface area contributed by atoms with Gasteiger partial charge in [0.1, 0.15) is 11.7 Å². The molecular weight excluding hydrogens is 336 g/mol. The first-order chi connectivity index (χ1) is 12.4. The molecule has 2 aliphatic carbocycles. The first-order valence-electron chi connectivity index (χ1n) is 8.87. The highest BCUT2D eigenvalue weighted by molar-refractivity contribution is 5.87. The van der Waals surface area contributed by atoms with Crippen molar-refractivity contribution in [2.75, 3.05) is 13.9 Å². The molecule has 6 nitrogen and oxygen atoms in total. The number of fused-ring (bicyclic) bond motifs is 3. The lowest BCUT2D eigenvalue weighted by molar-refractivity contribution is -0.199. The largest absolute Gasteiger partial charge is 0.454 e. The van der Waals surface area contributed by atoms with Crippen molar-refractivity contribution >= 4 is 5.78 Å². The second-order valence-electron chi connectivity index (χ2n) is 7.61. The summed E-state index contributed by atoms with van der Waals surface area (Å²) >= 11 is 0. The first kappa shape index (κ1) is 17.5. The molecule has 1 heterocycles. The van der Waals surface area contributed by atoms with Crippen LogP contribution in [-0.2, 0) is 9.53 Å². The first-order valence-corrected chi connectivity index (χ1v) is 8.87. The van der Waals surface area contributed by atoms with Gasteiger partial charge in [-0.25, -0.2) is 0 Å². The van der Waals surface area contributed by atoms with Crippen molar-refractivity contribution in [1.29, 1.82) is 0 Å². The Hall–Kier alpha value is -1.89. The molecule has 6 atom stereocenters. The summed E-state index contributed by atoms with van der Waals surface area (Å²) < 4.78 is 16.6. The molecule has 6 heteroatoms. The third-order valence-electron chi connectivity index (χ3n) is 6.73. The molecule has 2 bridgehead atoms. The SMILES string of the molecule is C=CC[C@]12CC(=O)[C@@H](O)[C@](OC)(C1O)[C@H](c1ccc3c(c1)OCO3)[C@H]2C. The number of allylic oxidation sites excluding steroid dienone is 1. The fraction of sp³-hybridized carbons (Fsp3) is 0.550. The van der Waals surface area contributed by atoms with Gasteiger partial charge < -0.3 is 24.4 Å². The summed E-state index contributed by atoms with van der Waals surface area (Å²) in [6, 6.07) is 5.56. The highest BCUT2D eigenvalue weighted by Gasteiger charge is 2.73. The average molecular weight is 360 g/mol. The normalized spacial score (nSPS) is 40.7. The molecule has 2 N–H and O–H groups in total. The number of aliphatic hydroxyl groups is 2. The van der Waals surface area contributed by atoms with Crippen LogP contribution in [0.15, 0.2) is 30.9 Å². The Bertz CT molecular complexity index is 761. The van der Waals surface area contributed by atoms with Gasteiger partial charge in [-0.05, 0) is 30.0 Å². The molecule has 3 aliphatic rings. The molecule has 1 aliphatic heterocycles. The second-order valence-corrected chi connectivity index (χ2v) is 7.61. The predicted octanol–water partition coefficient (Wildman–Crippen LogP) is 1.79. The van der Waals surface area contributed by atoms with Gasteiger partial charge in [0, 0.05) is 24.9 Å². The van der Waals surface area contributed by atoms with E-state index in [1.54, 1.807) is 6.08 Å². The number of benzene rings is 1. The third kappa shape index (κ3) is 1.95. The van der Waals surface area contributed by atoms with Crippen LogP contribution in [0.5, 0.6) is 11.5 Å². The summed E-state index contributed by atoms with van der Waals surface area (Å²) in [5, 5.41) is 22.1. The van der Waals surface area contributed by atoms with Gasteiger partial charge in [0.15, 0.2) is 17.3 Å². The highest BCUT2D eigenvalue weighted by atomic mass is 16.7. The third-order valence-corrected chi connectivity index (χ3v) is 6.73. The molecule has 140 valence electrons. The number of methoxy groups -OCH3 is 1. The van der Waals surface area contributed by atoms with Crippen LogP contribution >= 0.6 is 0 Å². The number of hydrogen-bond acceptors (Lipinski definition) is 6. The average Bonchev–Trinajstić information content (AvgIpc) is 3.14. The molecule has 4 rings (SSSR count). The summed E-state index contributed by atoms with van der Waals surface area (Å²) in [4.78, 5) is 12.6. The van der Waals surface area contributed by atoms with Crippen LogP contribution in [0.4, 0.5) is 0 Å². The molecule has 1 unspecified atom stereocenters. The smallest absolute Gasteiger partial charge is 0.231 e. The number of hydrogen-bond donors (Lipinski definition) is 2. The van der Waals surface area contributed by atoms with E-state index in [1.807, 2.05) is 25.1 Å². The molecule has 1 aromatic carbocycles. The van der Waals surface area contributed by atoms with Gasteiger partial charge in [0.2, 0.25) is 6.79 Å². The van der Waals surface area contributed by atoms with Crippen molar-refractivity contribution in [2.45, 2.75) is 43.5 Å². The van der Waals surface area contributed by atoms with E-state index in [4.69, 9.17) is 14.2 Å². The van der Waals surface area contributed by atoms with Crippen LogP contribution in [0, 0.1) is 11.3 Å². The van der Waals surface area contributed by atoms with Crippen LogP contribution in [0.2, 0.25) is 0 Å². The summed E-state index contributed by atoms with van der Waals surface area (Å²) in [6.07, 6.45) is -0.0705. The molecule has 0 aromatic heterocycles. The van der Waals surface area contributed by atoms with Crippen LogP contribution in [-0.4, -0.2) is 47.7 Å². The Balaban J connectivity index is 1.90. The van der Waals surface area contributed by atoms with E-state index >= 15 is 0 Å². The molecule has 0 spiro atoms. The lowest BCUT2D eigenvalue weighted by atomic mass is 9.65. The Morgan fingerprint density at radius 1 is 1.35 bits per heavy atom. The van der Waals surface area contributed by atoms with Gasteiger partial charge in [0.05, 0.1) is 6.10 Å². The van der Waals surface area contributed by atoms with Crippen LogP contribution in [0.1, 0.15) is 31.2 Å². The molecule has 1 aromatic rings. The minimum absolute atomic E-state index is 0.106. The zero-order chi connectivity index (χ0) is 18.7. The fourth-order valence-corrected chi connectivity index (χ4v) is 5.49. The van der Waals surface area contributed by atoms with E-state index in [2.05, 4.69) is 6.58 Å². The van der Waals surface area contributed by atoms with Crippen molar-refractivity contribution in [3.05, 3.63) is 36.4 Å². The number of ketones is 1. The summed E-state index contributed by atoms with van der Waals surface area (Å²) in [6.45, 7) is 5.98. The Morgan fingerprint density at radius 3 is 2.77 bits per heavy atom. The van der Waals surface area contributed by atoms with E-state index < -0.39 is 23.2 Å². The van der Waals surface area contributed by atoms with E-state index in [9.17, 15) is 15.0 Å². The number of carbonyl (C=O) groups excluding carboxylic acids is 1. The van der Waals surface area contributed by atoms with Crippen molar-refractivity contribution < 1.29 is 29.2 Å². The number of Topliss-reactive ketones (excluding diaryl/α,β-unsaturated/α-hetero) is 1. The zero-order valence-corrected chi connectivity index (χ0v) is 15.0. The molecule has 0 amide bonds. The van der Waals surface area contributed by atoms with Gasteiger partial charge in [-0.3, -0.25) is 4.79 Å². The van der Waals surface area contributed by atoms with Crippen molar-refractivity contribution in [1.82, 2.24) is 0 Å². The second kappa shape index (κ2) is 5.81. The number of aliphatic hydroxyl groups excluding tert-OH is 2. The van der Waals surface area contributed by atoms with Gasteiger partial charge >= 0.3 is 0 Å². The Morgan fingerprint density at radius 2 is 2.08 bits per heavy atom. The molecule has 2 saturated carbocycles. The van der Waals surface area contributed by atoms with Crippen LogP contribution < -0.4 is 9.47 Å².